The molecule has 2 rings (SSSR count). The second kappa shape index (κ2) is 7.96. The molecule has 132 valence electrons. The van der Waals surface area contributed by atoms with Crippen LogP contribution in [-0.4, -0.2) is 57.9 Å². The topological polar surface area (TPSA) is 96.8 Å². The second-order valence-electron chi connectivity index (χ2n) is 6.03. The number of benzene rings is 1. The van der Waals surface area contributed by atoms with Gasteiger partial charge in [-0.3, -0.25) is 9.59 Å². The third-order valence-electron chi connectivity index (χ3n) is 3.65. The fraction of sp³-hybridized carbons (Fsp3) is 0.467. The van der Waals surface area contributed by atoms with Crippen molar-refractivity contribution in [2.45, 2.75) is 12.5 Å². The van der Waals surface area contributed by atoms with Crippen molar-refractivity contribution >= 4 is 38.9 Å². The van der Waals surface area contributed by atoms with Crippen molar-refractivity contribution in [1.29, 1.82) is 0 Å². The van der Waals surface area contributed by atoms with Crippen LogP contribution in [0.1, 0.15) is 6.42 Å². The predicted octanol–water partition coefficient (Wildman–Crippen LogP) is -0.903. The lowest BCUT2D eigenvalue weighted by Gasteiger charge is -2.15. The van der Waals surface area contributed by atoms with E-state index in [1.165, 1.54) is 0 Å². The number of likely N-dealkylation sites (N-methyl/N-ethyl adjacent to an activating group) is 1. The number of rotatable bonds is 6. The maximum Gasteiger partial charge on any atom is 0.279 e. The summed E-state index contributed by atoms with van der Waals surface area (Å²) in [5, 5.41) is 6.02. The molecule has 1 fully saturated rings. The minimum Gasteiger partial charge on any atom is -0.347 e. The Morgan fingerprint density at radius 3 is 2.42 bits per heavy atom. The van der Waals surface area contributed by atoms with E-state index in [1.54, 1.807) is 31.3 Å². The highest BCUT2D eigenvalue weighted by atomic mass is 35.5. The number of carbonyl (C=O) groups is 2. The van der Waals surface area contributed by atoms with E-state index in [2.05, 4.69) is 10.6 Å². The lowest BCUT2D eigenvalue weighted by molar-refractivity contribution is -0.862. The van der Waals surface area contributed by atoms with Gasteiger partial charge in [-0.25, -0.2) is 8.42 Å². The molecule has 0 bridgehead atoms. The van der Waals surface area contributed by atoms with Gasteiger partial charge in [0.15, 0.2) is 22.9 Å². The molecule has 2 atom stereocenters. The Bertz CT molecular complexity index is 706. The van der Waals surface area contributed by atoms with Gasteiger partial charge in [0.25, 0.3) is 11.8 Å². The molecule has 9 heteroatoms. The van der Waals surface area contributed by atoms with Crippen molar-refractivity contribution in [1.82, 2.24) is 5.32 Å². The zero-order valence-corrected chi connectivity index (χ0v) is 14.9. The van der Waals surface area contributed by atoms with Crippen molar-refractivity contribution < 1.29 is 22.9 Å². The molecule has 3 N–H and O–H groups in total. The van der Waals surface area contributed by atoms with Crippen LogP contribution in [0.25, 0.3) is 0 Å². The molecular formula is C15H21ClN3O4S+. The van der Waals surface area contributed by atoms with Crippen molar-refractivity contribution in [2.75, 3.05) is 37.0 Å². The average Bonchev–Trinajstić information content (AvgIpc) is 2.79. The number of nitrogens with one attached hydrogen (secondary N) is 3. The molecule has 1 heterocycles. The molecular weight excluding hydrogens is 354 g/mol. The molecule has 1 aromatic carbocycles. The van der Waals surface area contributed by atoms with Gasteiger partial charge in [-0.05, 0) is 30.7 Å². The molecule has 24 heavy (non-hydrogen) atoms. The minimum absolute atomic E-state index is 0.00512. The molecule has 2 amide bonds. The summed E-state index contributed by atoms with van der Waals surface area (Å²) in [4.78, 5) is 24.6. The molecule has 1 saturated heterocycles. The van der Waals surface area contributed by atoms with E-state index in [1.807, 2.05) is 0 Å². The highest BCUT2D eigenvalue weighted by molar-refractivity contribution is 7.91. The molecule has 0 aliphatic carbocycles. The maximum atomic E-state index is 11.9. The lowest BCUT2D eigenvalue weighted by Crippen LogP contribution is -3.11. The fourth-order valence-corrected chi connectivity index (χ4v) is 4.34. The standard InChI is InChI=1S/C15H20ClN3O4S/c1-19(8-14(20)17-12-4-2-11(16)3-5-12)9-15(21)18-13-6-7-24(22,23)10-13/h2-5,13H,6-10H2,1H3,(H,17,20)(H,18,21)/p+1/t13-/m0/s1. The van der Waals surface area contributed by atoms with Gasteiger partial charge in [-0.1, -0.05) is 11.6 Å². The van der Waals surface area contributed by atoms with E-state index in [-0.39, 0.29) is 42.5 Å². The summed E-state index contributed by atoms with van der Waals surface area (Å²) in [6, 6.07) is 6.43. The molecule has 1 aromatic rings. The Kier molecular flexibility index (Phi) is 6.20. The molecule has 7 nitrogen and oxygen atoms in total. The fourth-order valence-electron chi connectivity index (χ4n) is 2.54. The van der Waals surface area contributed by atoms with Crippen molar-refractivity contribution in [3.63, 3.8) is 0 Å². The van der Waals surface area contributed by atoms with E-state index in [9.17, 15) is 18.0 Å². The Morgan fingerprint density at radius 1 is 1.21 bits per heavy atom. The second-order valence-corrected chi connectivity index (χ2v) is 8.70. The summed E-state index contributed by atoms with van der Waals surface area (Å²) in [6.45, 7) is 0.226. The Hall–Kier alpha value is -1.64. The summed E-state index contributed by atoms with van der Waals surface area (Å²) >= 11 is 5.78. The first kappa shape index (κ1) is 18.7. The monoisotopic (exact) mass is 374 g/mol. The number of carbonyl (C=O) groups excluding carboxylic acids is 2. The number of hydrogen-bond acceptors (Lipinski definition) is 4. The van der Waals surface area contributed by atoms with Crippen LogP contribution in [-0.2, 0) is 19.4 Å². The number of anilines is 1. The zero-order chi connectivity index (χ0) is 17.7. The molecule has 1 aliphatic rings. The number of amides is 2. The predicted molar refractivity (Wildman–Crippen MR) is 91.9 cm³/mol. The SMILES string of the molecule is C[NH+](CC(=O)Nc1ccc(Cl)cc1)CC(=O)N[C@H]1CCS(=O)(=O)C1. The van der Waals surface area contributed by atoms with Gasteiger partial charge in [0.2, 0.25) is 0 Å². The smallest absolute Gasteiger partial charge is 0.279 e. The van der Waals surface area contributed by atoms with E-state index in [0.717, 1.165) is 0 Å². The Balaban J connectivity index is 1.73. The number of halogens is 1. The third kappa shape index (κ3) is 6.10. The average molecular weight is 375 g/mol. The van der Waals surface area contributed by atoms with Gasteiger partial charge in [0, 0.05) is 16.8 Å². The van der Waals surface area contributed by atoms with Crippen LogP contribution < -0.4 is 15.5 Å². The van der Waals surface area contributed by atoms with E-state index >= 15 is 0 Å². The van der Waals surface area contributed by atoms with Crippen LogP contribution in [0.15, 0.2) is 24.3 Å². The quantitative estimate of drug-likeness (QED) is 0.601. The van der Waals surface area contributed by atoms with Crippen molar-refractivity contribution in [3.8, 4) is 0 Å². The molecule has 0 spiro atoms. The largest absolute Gasteiger partial charge is 0.347 e. The van der Waals surface area contributed by atoms with E-state index < -0.39 is 9.84 Å². The Labute approximate surface area is 146 Å². The summed E-state index contributed by atoms with van der Waals surface area (Å²) < 4.78 is 22.7. The number of quaternary nitrogens is 1. The highest BCUT2D eigenvalue weighted by Gasteiger charge is 2.29. The van der Waals surface area contributed by atoms with Gasteiger partial charge in [0.05, 0.1) is 18.6 Å². The first-order valence-corrected chi connectivity index (χ1v) is 9.80. The first-order chi connectivity index (χ1) is 11.2. The number of sulfone groups is 1. The molecule has 0 saturated carbocycles. The first-order valence-electron chi connectivity index (χ1n) is 7.60. The van der Waals surface area contributed by atoms with Gasteiger partial charge >= 0.3 is 0 Å². The minimum atomic E-state index is -3.02. The summed E-state index contributed by atoms with van der Waals surface area (Å²) in [5.41, 5.74) is 0.637. The van der Waals surface area contributed by atoms with Gasteiger partial charge in [-0.15, -0.1) is 0 Å². The molecule has 1 unspecified atom stereocenters. The van der Waals surface area contributed by atoms with Gasteiger partial charge in [-0.2, -0.15) is 0 Å². The van der Waals surface area contributed by atoms with Crippen LogP contribution in [0.4, 0.5) is 5.69 Å². The van der Waals surface area contributed by atoms with Crippen molar-refractivity contribution in [3.05, 3.63) is 29.3 Å². The van der Waals surface area contributed by atoms with Gasteiger partial charge < -0.3 is 15.5 Å². The molecule has 0 aromatic heterocycles. The van der Waals surface area contributed by atoms with Crippen LogP contribution in [0, 0.1) is 0 Å². The van der Waals surface area contributed by atoms with E-state index in [0.29, 0.717) is 22.0 Å². The summed E-state index contributed by atoms with van der Waals surface area (Å²) in [7, 11) is -1.29. The summed E-state index contributed by atoms with van der Waals surface area (Å²) in [6.07, 6.45) is 0.449. The van der Waals surface area contributed by atoms with E-state index in [4.69, 9.17) is 11.6 Å². The van der Waals surface area contributed by atoms with Crippen molar-refractivity contribution in [2.24, 2.45) is 0 Å². The third-order valence-corrected chi connectivity index (χ3v) is 5.67. The highest BCUT2D eigenvalue weighted by Crippen LogP contribution is 2.13. The zero-order valence-electron chi connectivity index (χ0n) is 13.3. The van der Waals surface area contributed by atoms with Crippen LogP contribution >= 0.6 is 11.6 Å². The summed E-state index contributed by atoms with van der Waals surface area (Å²) in [5.74, 6) is -0.362. The Morgan fingerprint density at radius 2 is 1.83 bits per heavy atom. The maximum absolute atomic E-state index is 11.9. The normalized spacial score (nSPS) is 20.3. The molecule has 0 radical (unpaired) electrons. The molecule has 1 aliphatic heterocycles. The van der Waals surface area contributed by atoms with Crippen LogP contribution in [0.3, 0.4) is 0 Å². The number of hydrogen-bond donors (Lipinski definition) is 3. The van der Waals surface area contributed by atoms with Gasteiger partial charge in [0.1, 0.15) is 0 Å². The van der Waals surface area contributed by atoms with Crippen LogP contribution in [0.5, 0.6) is 0 Å². The van der Waals surface area contributed by atoms with Crippen LogP contribution in [0.2, 0.25) is 5.02 Å². The lowest BCUT2D eigenvalue weighted by atomic mass is 10.2.